The molecule has 1 saturated heterocycles. The van der Waals surface area contributed by atoms with E-state index >= 15 is 0 Å². The van der Waals surface area contributed by atoms with Gasteiger partial charge in [0, 0.05) is 49.3 Å². The molecule has 7 nitrogen and oxygen atoms in total. The van der Waals surface area contributed by atoms with Crippen molar-refractivity contribution in [1.29, 1.82) is 0 Å². The molecule has 5 rings (SSSR count). The van der Waals surface area contributed by atoms with Crippen LogP contribution in [0.5, 0.6) is 0 Å². The molecule has 4 aromatic rings. The molecule has 0 saturated carbocycles. The van der Waals surface area contributed by atoms with Gasteiger partial charge in [-0.05, 0) is 43.3 Å². The molecule has 0 radical (unpaired) electrons. The summed E-state index contributed by atoms with van der Waals surface area (Å²) in [5.74, 6) is 0.903. The molecule has 3 heterocycles. The standard InChI is InChI=1S/C25H25ClN6O/c1-19-27-10-11-31(19)18-21-17-24(32(28-21)22-7-3-2-4-8-22)25(33)30-14-12-29(13-15-30)23-9-5-6-20(26)16-23/h2-11,16-17H,12-15,18H2,1H3. The van der Waals surface area contributed by atoms with Gasteiger partial charge in [0.1, 0.15) is 11.5 Å². The lowest BCUT2D eigenvalue weighted by atomic mass is 10.2. The van der Waals surface area contributed by atoms with Gasteiger partial charge in [0.05, 0.1) is 17.9 Å². The zero-order chi connectivity index (χ0) is 22.8. The van der Waals surface area contributed by atoms with Gasteiger partial charge in [-0.3, -0.25) is 4.79 Å². The van der Waals surface area contributed by atoms with Gasteiger partial charge >= 0.3 is 0 Å². The zero-order valence-corrected chi connectivity index (χ0v) is 19.2. The minimum Gasteiger partial charge on any atom is -0.368 e. The molecular formula is C25H25ClN6O. The van der Waals surface area contributed by atoms with Crippen LogP contribution in [0.25, 0.3) is 5.69 Å². The van der Waals surface area contributed by atoms with Crippen molar-refractivity contribution >= 4 is 23.2 Å². The molecule has 1 aliphatic rings. The quantitative estimate of drug-likeness (QED) is 0.451. The molecule has 0 bridgehead atoms. The molecule has 168 valence electrons. The smallest absolute Gasteiger partial charge is 0.272 e. The highest BCUT2D eigenvalue weighted by molar-refractivity contribution is 6.30. The third kappa shape index (κ3) is 4.50. The van der Waals surface area contributed by atoms with Gasteiger partial charge in [-0.25, -0.2) is 9.67 Å². The van der Waals surface area contributed by atoms with Gasteiger partial charge in [-0.15, -0.1) is 0 Å². The minimum atomic E-state index is -0.00861. The van der Waals surface area contributed by atoms with E-state index < -0.39 is 0 Å². The van der Waals surface area contributed by atoms with Gasteiger partial charge in [0.15, 0.2) is 0 Å². The van der Waals surface area contributed by atoms with E-state index in [0.29, 0.717) is 25.3 Å². The number of halogens is 1. The summed E-state index contributed by atoms with van der Waals surface area (Å²) in [6.07, 6.45) is 3.70. The number of anilines is 1. The number of amides is 1. The number of hydrogen-bond donors (Lipinski definition) is 0. The van der Waals surface area contributed by atoms with Crippen molar-refractivity contribution in [1.82, 2.24) is 24.2 Å². The van der Waals surface area contributed by atoms with Crippen LogP contribution in [-0.2, 0) is 6.54 Å². The van der Waals surface area contributed by atoms with Crippen LogP contribution in [0.2, 0.25) is 5.02 Å². The molecule has 1 amide bonds. The van der Waals surface area contributed by atoms with Gasteiger partial charge in [-0.2, -0.15) is 5.10 Å². The highest BCUT2D eigenvalue weighted by Crippen LogP contribution is 2.22. The Morgan fingerprint density at radius 2 is 1.73 bits per heavy atom. The molecule has 0 aliphatic carbocycles. The maximum absolute atomic E-state index is 13.6. The first-order chi connectivity index (χ1) is 16.1. The summed E-state index contributed by atoms with van der Waals surface area (Å²) >= 11 is 6.16. The summed E-state index contributed by atoms with van der Waals surface area (Å²) in [6.45, 7) is 5.32. The first-order valence-corrected chi connectivity index (χ1v) is 11.4. The number of piperazine rings is 1. The number of nitrogens with zero attached hydrogens (tertiary/aromatic N) is 6. The topological polar surface area (TPSA) is 59.2 Å². The van der Waals surface area contributed by atoms with Crippen molar-refractivity contribution < 1.29 is 4.79 Å². The van der Waals surface area contributed by atoms with Crippen LogP contribution in [0.15, 0.2) is 73.1 Å². The largest absolute Gasteiger partial charge is 0.368 e. The number of aromatic nitrogens is 4. The maximum Gasteiger partial charge on any atom is 0.272 e. The van der Waals surface area contributed by atoms with E-state index in [0.717, 1.165) is 41.0 Å². The lowest BCUT2D eigenvalue weighted by molar-refractivity contribution is 0.0737. The highest BCUT2D eigenvalue weighted by Gasteiger charge is 2.26. The van der Waals surface area contributed by atoms with Crippen LogP contribution in [-0.4, -0.2) is 56.3 Å². The fourth-order valence-electron chi connectivity index (χ4n) is 4.17. The minimum absolute atomic E-state index is 0.00861. The predicted octanol–water partition coefficient (Wildman–Crippen LogP) is 4.04. The third-order valence-electron chi connectivity index (χ3n) is 5.98. The van der Waals surface area contributed by atoms with Crippen molar-refractivity contribution in [3.8, 4) is 5.69 Å². The molecule has 33 heavy (non-hydrogen) atoms. The molecule has 1 fully saturated rings. The monoisotopic (exact) mass is 460 g/mol. The molecule has 0 unspecified atom stereocenters. The van der Waals surface area contributed by atoms with Gasteiger partial charge in [-0.1, -0.05) is 35.9 Å². The van der Waals surface area contributed by atoms with Crippen LogP contribution in [0, 0.1) is 6.92 Å². The predicted molar refractivity (Wildman–Crippen MR) is 129 cm³/mol. The van der Waals surface area contributed by atoms with E-state index in [-0.39, 0.29) is 5.91 Å². The Bertz CT molecular complexity index is 1260. The van der Waals surface area contributed by atoms with E-state index in [4.69, 9.17) is 16.7 Å². The molecular weight excluding hydrogens is 436 g/mol. The van der Waals surface area contributed by atoms with Crippen LogP contribution in [0.1, 0.15) is 22.0 Å². The SMILES string of the molecule is Cc1nccn1Cc1cc(C(=O)N2CCN(c3cccc(Cl)c3)CC2)n(-c2ccccc2)n1. The summed E-state index contributed by atoms with van der Waals surface area (Å²) in [7, 11) is 0. The first kappa shape index (κ1) is 21.3. The van der Waals surface area contributed by atoms with Crippen LogP contribution in [0.4, 0.5) is 5.69 Å². The Balaban J connectivity index is 1.38. The third-order valence-corrected chi connectivity index (χ3v) is 6.21. The fourth-order valence-corrected chi connectivity index (χ4v) is 4.36. The lowest BCUT2D eigenvalue weighted by Gasteiger charge is -2.36. The van der Waals surface area contributed by atoms with E-state index in [1.54, 1.807) is 10.9 Å². The van der Waals surface area contributed by atoms with Gasteiger partial charge in [0.2, 0.25) is 0 Å². The summed E-state index contributed by atoms with van der Waals surface area (Å²) in [4.78, 5) is 22.0. The highest BCUT2D eigenvalue weighted by atomic mass is 35.5. The first-order valence-electron chi connectivity index (χ1n) is 11.0. The van der Waals surface area contributed by atoms with Crippen molar-refractivity contribution in [2.75, 3.05) is 31.1 Å². The Labute approximate surface area is 197 Å². The van der Waals surface area contributed by atoms with Crippen molar-refractivity contribution in [3.05, 3.63) is 95.3 Å². The average Bonchev–Trinajstić information content (AvgIpc) is 3.46. The Kier molecular flexibility index (Phi) is 5.88. The number of rotatable bonds is 5. The van der Waals surface area contributed by atoms with E-state index in [9.17, 15) is 4.79 Å². The zero-order valence-electron chi connectivity index (χ0n) is 18.4. The second-order valence-electron chi connectivity index (χ2n) is 8.13. The van der Waals surface area contributed by atoms with E-state index in [1.807, 2.05) is 77.2 Å². The number of carbonyl (C=O) groups excluding carboxylic acids is 1. The number of carbonyl (C=O) groups is 1. The molecule has 2 aromatic carbocycles. The summed E-state index contributed by atoms with van der Waals surface area (Å²) < 4.78 is 3.78. The molecule has 0 atom stereocenters. The van der Waals surface area contributed by atoms with Gasteiger partial charge < -0.3 is 14.4 Å². The maximum atomic E-state index is 13.6. The van der Waals surface area contributed by atoms with Crippen LogP contribution < -0.4 is 4.90 Å². The number of para-hydroxylation sites is 1. The molecule has 0 N–H and O–H groups in total. The number of benzene rings is 2. The molecule has 0 spiro atoms. The Morgan fingerprint density at radius 1 is 0.970 bits per heavy atom. The van der Waals surface area contributed by atoms with Crippen LogP contribution in [0.3, 0.4) is 0 Å². The summed E-state index contributed by atoms with van der Waals surface area (Å²) in [6, 6.07) is 19.5. The number of aryl methyl sites for hydroxylation is 1. The second kappa shape index (κ2) is 9.11. The summed E-state index contributed by atoms with van der Waals surface area (Å²) in [5, 5.41) is 5.50. The van der Waals surface area contributed by atoms with Crippen molar-refractivity contribution in [2.45, 2.75) is 13.5 Å². The van der Waals surface area contributed by atoms with Crippen molar-refractivity contribution in [3.63, 3.8) is 0 Å². The normalized spacial score (nSPS) is 14.0. The van der Waals surface area contributed by atoms with E-state index in [1.165, 1.54) is 0 Å². The van der Waals surface area contributed by atoms with Gasteiger partial charge in [0.25, 0.3) is 5.91 Å². The molecule has 1 aliphatic heterocycles. The molecule has 8 heteroatoms. The number of hydrogen-bond acceptors (Lipinski definition) is 4. The lowest BCUT2D eigenvalue weighted by Crippen LogP contribution is -2.49. The van der Waals surface area contributed by atoms with Crippen LogP contribution >= 0.6 is 11.6 Å². The van der Waals surface area contributed by atoms with E-state index in [2.05, 4.69) is 16.0 Å². The molecule has 2 aromatic heterocycles. The average molecular weight is 461 g/mol. The Morgan fingerprint density at radius 3 is 2.42 bits per heavy atom. The number of imidazole rings is 1. The fraction of sp³-hybridized carbons (Fsp3) is 0.240. The van der Waals surface area contributed by atoms with Crippen molar-refractivity contribution in [2.24, 2.45) is 0 Å². The second-order valence-corrected chi connectivity index (χ2v) is 8.57. The Hall–Kier alpha value is -3.58. The summed E-state index contributed by atoms with van der Waals surface area (Å²) in [5.41, 5.74) is 3.35.